The second-order valence-corrected chi connectivity index (χ2v) is 7.47. The standard InChI is InChI=1S/C21H29NO/c1-15-5-7-21-11-19(6-8-20(21)10-15)9-16(2)12-22-13-17(3)23-18(4)14-22/h5-8,10-11,16-18H,9,12-14H2,1-4H3/t16?,17-,18+. The monoisotopic (exact) mass is 311 g/mol. The van der Waals surface area contributed by atoms with Gasteiger partial charge in [-0.2, -0.15) is 0 Å². The molecule has 0 bridgehead atoms. The molecule has 0 N–H and O–H groups in total. The number of morpholine rings is 1. The van der Waals surface area contributed by atoms with Crippen LogP contribution in [0.1, 0.15) is 31.9 Å². The van der Waals surface area contributed by atoms with Crippen LogP contribution >= 0.6 is 0 Å². The van der Waals surface area contributed by atoms with Gasteiger partial charge in [0, 0.05) is 19.6 Å². The maximum Gasteiger partial charge on any atom is 0.0678 e. The van der Waals surface area contributed by atoms with Crippen molar-refractivity contribution in [1.29, 1.82) is 0 Å². The lowest BCUT2D eigenvalue weighted by Crippen LogP contribution is -2.47. The van der Waals surface area contributed by atoms with Crippen molar-refractivity contribution < 1.29 is 4.74 Å². The molecule has 124 valence electrons. The van der Waals surface area contributed by atoms with E-state index in [4.69, 9.17) is 4.74 Å². The fourth-order valence-corrected chi connectivity index (χ4v) is 3.88. The first-order valence-electron chi connectivity index (χ1n) is 8.86. The fraction of sp³-hybridized carbons (Fsp3) is 0.524. The van der Waals surface area contributed by atoms with Crippen LogP contribution in [0.4, 0.5) is 0 Å². The molecular formula is C21H29NO. The maximum atomic E-state index is 5.83. The van der Waals surface area contributed by atoms with Gasteiger partial charge in [-0.25, -0.2) is 0 Å². The molecule has 2 heteroatoms. The molecule has 3 rings (SSSR count). The van der Waals surface area contributed by atoms with E-state index in [2.05, 4.69) is 69.0 Å². The Balaban J connectivity index is 1.63. The van der Waals surface area contributed by atoms with Crippen LogP contribution in [0, 0.1) is 12.8 Å². The molecule has 1 aliphatic heterocycles. The number of rotatable bonds is 4. The zero-order chi connectivity index (χ0) is 16.4. The van der Waals surface area contributed by atoms with E-state index in [-0.39, 0.29) is 0 Å². The average Bonchev–Trinajstić information content (AvgIpc) is 2.46. The van der Waals surface area contributed by atoms with Crippen LogP contribution in [0.5, 0.6) is 0 Å². The van der Waals surface area contributed by atoms with Gasteiger partial charge in [0.05, 0.1) is 12.2 Å². The van der Waals surface area contributed by atoms with E-state index in [0.717, 1.165) is 26.1 Å². The summed E-state index contributed by atoms with van der Waals surface area (Å²) in [6.45, 7) is 12.2. The molecule has 1 unspecified atom stereocenters. The first-order chi connectivity index (χ1) is 11.0. The number of ether oxygens (including phenoxy) is 1. The average molecular weight is 311 g/mol. The second kappa shape index (κ2) is 7.02. The molecule has 2 nitrogen and oxygen atoms in total. The van der Waals surface area contributed by atoms with Crippen molar-refractivity contribution in [1.82, 2.24) is 4.90 Å². The van der Waals surface area contributed by atoms with Gasteiger partial charge in [-0.05, 0) is 49.4 Å². The Labute approximate surface area is 140 Å². The molecule has 0 radical (unpaired) electrons. The van der Waals surface area contributed by atoms with Gasteiger partial charge in [0.2, 0.25) is 0 Å². The summed E-state index contributed by atoms with van der Waals surface area (Å²) < 4.78 is 5.83. The third-order valence-electron chi connectivity index (χ3n) is 4.71. The molecular weight excluding hydrogens is 282 g/mol. The van der Waals surface area contributed by atoms with Gasteiger partial charge in [-0.15, -0.1) is 0 Å². The molecule has 2 aromatic rings. The molecule has 1 saturated heterocycles. The van der Waals surface area contributed by atoms with Gasteiger partial charge in [-0.3, -0.25) is 4.90 Å². The lowest BCUT2D eigenvalue weighted by atomic mass is 9.97. The molecule has 23 heavy (non-hydrogen) atoms. The van der Waals surface area contributed by atoms with E-state index in [0.29, 0.717) is 18.1 Å². The summed E-state index contributed by atoms with van der Waals surface area (Å²) in [6.07, 6.45) is 1.86. The summed E-state index contributed by atoms with van der Waals surface area (Å²) in [4.78, 5) is 2.56. The Hall–Kier alpha value is -1.38. The molecule has 0 aromatic heterocycles. The Morgan fingerprint density at radius 1 is 1.04 bits per heavy atom. The van der Waals surface area contributed by atoms with E-state index < -0.39 is 0 Å². The Morgan fingerprint density at radius 2 is 1.70 bits per heavy atom. The van der Waals surface area contributed by atoms with Gasteiger partial charge < -0.3 is 4.74 Å². The quantitative estimate of drug-likeness (QED) is 0.828. The van der Waals surface area contributed by atoms with Gasteiger partial charge in [-0.1, -0.05) is 48.9 Å². The lowest BCUT2D eigenvalue weighted by molar-refractivity contribution is -0.0708. The predicted molar refractivity (Wildman–Crippen MR) is 98.0 cm³/mol. The Morgan fingerprint density at radius 3 is 2.43 bits per heavy atom. The van der Waals surface area contributed by atoms with E-state index in [1.807, 2.05) is 0 Å². The summed E-state index contributed by atoms with van der Waals surface area (Å²) in [5.74, 6) is 0.662. The van der Waals surface area contributed by atoms with Crippen molar-refractivity contribution in [2.45, 2.75) is 46.3 Å². The van der Waals surface area contributed by atoms with Crippen LogP contribution in [-0.4, -0.2) is 36.7 Å². The van der Waals surface area contributed by atoms with Crippen LogP contribution in [0.25, 0.3) is 10.8 Å². The van der Waals surface area contributed by atoms with Crippen molar-refractivity contribution in [3.8, 4) is 0 Å². The fourth-order valence-electron chi connectivity index (χ4n) is 3.88. The summed E-state index contributed by atoms with van der Waals surface area (Å²) in [5, 5.41) is 2.70. The predicted octanol–water partition coefficient (Wildman–Crippen LogP) is 4.44. The van der Waals surface area contributed by atoms with Gasteiger partial charge in [0.15, 0.2) is 0 Å². The van der Waals surface area contributed by atoms with Crippen LogP contribution in [0.2, 0.25) is 0 Å². The molecule has 0 aliphatic carbocycles. The maximum absolute atomic E-state index is 5.83. The number of hydrogen-bond donors (Lipinski definition) is 0. The number of aryl methyl sites for hydroxylation is 1. The van der Waals surface area contributed by atoms with Crippen LogP contribution in [0.3, 0.4) is 0 Å². The molecule has 2 aromatic carbocycles. The van der Waals surface area contributed by atoms with Gasteiger partial charge in [0.25, 0.3) is 0 Å². The van der Waals surface area contributed by atoms with E-state index in [9.17, 15) is 0 Å². The minimum Gasteiger partial charge on any atom is -0.373 e. The molecule has 0 saturated carbocycles. The lowest BCUT2D eigenvalue weighted by Gasteiger charge is -2.36. The summed E-state index contributed by atoms with van der Waals surface area (Å²) in [7, 11) is 0. The number of benzene rings is 2. The second-order valence-electron chi connectivity index (χ2n) is 7.47. The normalized spacial score (nSPS) is 24.0. The first kappa shape index (κ1) is 16.5. The summed E-state index contributed by atoms with van der Waals surface area (Å²) in [5.41, 5.74) is 2.78. The minimum absolute atomic E-state index is 0.356. The summed E-state index contributed by atoms with van der Waals surface area (Å²) >= 11 is 0. The highest BCUT2D eigenvalue weighted by atomic mass is 16.5. The van der Waals surface area contributed by atoms with E-state index >= 15 is 0 Å². The highest BCUT2D eigenvalue weighted by molar-refractivity contribution is 5.83. The Kier molecular flexibility index (Phi) is 5.03. The molecule has 0 amide bonds. The van der Waals surface area contributed by atoms with Crippen molar-refractivity contribution in [2.75, 3.05) is 19.6 Å². The number of nitrogens with zero attached hydrogens (tertiary/aromatic N) is 1. The van der Waals surface area contributed by atoms with E-state index in [1.54, 1.807) is 0 Å². The van der Waals surface area contributed by atoms with Gasteiger partial charge >= 0.3 is 0 Å². The first-order valence-corrected chi connectivity index (χ1v) is 8.86. The highest BCUT2D eigenvalue weighted by Crippen LogP contribution is 2.20. The molecule has 1 heterocycles. The zero-order valence-electron chi connectivity index (χ0n) is 14.9. The smallest absolute Gasteiger partial charge is 0.0678 e. The summed E-state index contributed by atoms with van der Waals surface area (Å²) in [6, 6.07) is 13.6. The third-order valence-corrected chi connectivity index (χ3v) is 4.71. The van der Waals surface area contributed by atoms with Crippen molar-refractivity contribution >= 4 is 10.8 Å². The topological polar surface area (TPSA) is 12.5 Å². The highest BCUT2D eigenvalue weighted by Gasteiger charge is 2.23. The minimum atomic E-state index is 0.356. The van der Waals surface area contributed by atoms with Gasteiger partial charge in [0.1, 0.15) is 0 Å². The number of hydrogen-bond acceptors (Lipinski definition) is 2. The SMILES string of the molecule is Cc1ccc2cc(CC(C)CN3C[C@@H](C)O[C@@H](C)C3)ccc2c1. The molecule has 1 fully saturated rings. The van der Waals surface area contributed by atoms with Crippen molar-refractivity contribution in [3.63, 3.8) is 0 Å². The molecule has 1 aliphatic rings. The number of fused-ring (bicyclic) bond motifs is 1. The Bertz CT molecular complexity index is 656. The van der Waals surface area contributed by atoms with Crippen LogP contribution < -0.4 is 0 Å². The zero-order valence-corrected chi connectivity index (χ0v) is 14.9. The van der Waals surface area contributed by atoms with Crippen molar-refractivity contribution in [3.05, 3.63) is 47.5 Å². The largest absolute Gasteiger partial charge is 0.373 e. The van der Waals surface area contributed by atoms with Crippen LogP contribution in [-0.2, 0) is 11.2 Å². The van der Waals surface area contributed by atoms with Crippen LogP contribution in [0.15, 0.2) is 36.4 Å². The van der Waals surface area contributed by atoms with Crippen molar-refractivity contribution in [2.24, 2.45) is 5.92 Å². The molecule has 3 atom stereocenters. The molecule has 0 spiro atoms. The van der Waals surface area contributed by atoms with E-state index in [1.165, 1.54) is 21.9 Å². The third kappa shape index (κ3) is 4.33.